The molecule has 0 spiro atoms. The van der Waals surface area contributed by atoms with Crippen molar-refractivity contribution in [2.45, 2.75) is 70.1 Å². The Morgan fingerprint density at radius 1 is 1.06 bits per heavy atom. The average molecular weight is 573 g/mol. The summed E-state index contributed by atoms with van der Waals surface area (Å²) < 4.78 is 47.2. The van der Waals surface area contributed by atoms with Crippen molar-refractivity contribution in [1.82, 2.24) is 14.9 Å². The van der Waals surface area contributed by atoms with Gasteiger partial charge in [-0.3, -0.25) is 9.88 Å². The number of fused-ring (bicyclic) bond motifs is 1. The van der Waals surface area contributed by atoms with E-state index in [0.29, 0.717) is 35.5 Å². The van der Waals surface area contributed by atoms with Crippen molar-refractivity contribution in [3.05, 3.63) is 40.4 Å². The Morgan fingerprint density at radius 2 is 1.79 bits per heavy atom. The Bertz CT molecular complexity index is 1180. The molecule has 2 aromatic rings. The van der Waals surface area contributed by atoms with Gasteiger partial charge in [-0.15, -0.1) is 0 Å². The summed E-state index contributed by atoms with van der Waals surface area (Å²) in [5.74, 6) is -2.26. The van der Waals surface area contributed by atoms with Gasteiger partial charge >= 0.3 is 0 Å². The maximum atomic E-state index is 14.4. The van der Waals surface area contributed by atoms with Crippen LogP contribution in [-0.2, 0) is 0 Å². The van der Waals surface area contributed by atoms with Crippen molar-refractivity contribution in [1.29, 1.82) is 0 Å². The lowest BCUT2D eigenvalue weighted by molar-refractivity contribution is 0.120. The number of nitrogens with zero attached hydrogens (tertiary/aromatic N) is 3. The highest BCUT2D eigenvalue weighted by molar-refractivity contribution is 14.2. The lowest BCUT2D eigenvalue weighted by Gasteiger charge is -2.26. The normalized spacial score (nSPS) is 27.1. The first-order chi connectivity index (χ1) is 15.9. The molecule has 5 rings (SSSR count). The van der Waals surface area contributed by atoms with Crippen molar-refractivity contribution < 1.29 is 18.3 Å². The highest BCUT2D eigenvalue weighted by Gasteiger charge is 2.30. The molecule has 6 nitrogen and oxygen atoms in total. The number of hydrogen-bond donors (Lipinski definition) is 3. The first-order valence-electron chi connectivity index (χ1n) is 11.4. The molecule has 2 atom stereocenters. The molecule has 3 N–H and O–H groups in total. The monoisotopic (exact) mass is 573 g/mol. The third-order valence-corrected chi connectivity index (χ3v) is 8.83. The molecule has 10 heteroatoms. The minimum absolute atomic E-state index is 0.106. The van der Waals surface area contributed by atoms with Crippen molar-refractivity contribution >= 4 is 40.2 Å². The summed E-state index contributed by atoms with van der Waals surface area (Å²) in [7, 11) is 0. The summed E-state index contributed by atoms with van der Waals surface area (Å²) in [4.78, 5) is 9.58. The van der Waals surface area contributed by atoms with Gasteiger partial charge in [-0.2, -0.15) is 0 Å². The van der Waals surface area contributed by atoms with Gasteiger partial charge in [0, 0.05) is 28.3 Å². The van der Waals surface area contributed by atoms with Crippen molar-refractivity contribution in [2.24, 2.45) is 10.9 Å². The molecule has 3 aliphatic rings. The average Bonchev–Trinajstić information content (AvgIpc) is 3.34. The van der Waals surface area contributed by atoms with Crippen molar-refractivity contribution in [2.75, 3.05) is 5.32 Å². The Labute approximate surface area is 199 Å². The van der Waals surface area contributed by atoms with Crippen LogP contribution < -0.4 is 21.5 Å². The predicted molar refractivity (Wildman–Crippen MR) is 130 cm³/mol. The van der Waals surface area contributed by atoms with Gasteiger partial charge in [0.25, 0.3) is 0 Å². The van der Waals surface area contributed by atoms with Gasteiger partial charge in [0.15, 0.2) is 17.1 Å². The fourth-order valence-electron chi connectivity index (χ4n) is 4.98. The Morgan fingerprint density at radius 3 is 2.45 bits per heavy atom. The van der Waals surface area contributed by atoms with Gasteiger partial charge in [0.2, 0.25) is 5.95 Å². The standard InChI is InChI=1S/C23H27F3IN5O/c1-12-3-2-4-19(12)32-21-18(11-27-22(31-21)28-14-5-7-15(33)8-6-14)29-23(32)30-20-16(25)9-13(24)10-17(20)26/h9-12,14-15,19,33H,2-8H2,1H3,(H,28,31)(H,29,30)/t12-,14?,15?,19+/m1/s1. The van der Waals surface area contributed by atoms with E-state index < -0.39 is 43.9 Å². The first kappa shape index (κ1) is 23.0. The molecule has 2 heterocycles. The zero-order valence-electron chi connectivity index (χ0n) is 18.3. The van der Waals surface area contributed by atoms with Crippen LogP contribution in [0.25, 0.3) is 4.08 Å². The van der Waals surface area contributed by atoms with Gasteiger partial charge < -0.3 is 10.4 Å². The zero-order valence-corrected chi connectivity index (χ0v) is 20.4. The van der Waals surface area contributed by atoms with Crippen LogP contribution >= 0.6 is 20.7 Å². The second kappa shape index (κ2) is 9.46. The summed E-state index contributed by atoms with van der Waals surface area (Å²) in [5, 5.41) is 16.9. The van der Waals surface area contributed by atoms with Gasteiger partial charge in [-0.1, -0.05) is 13.3 Å². The Kier molecular flexibility index (Phi) is 6.58. The molecule has 0 unspecified atom stereocenters. The lowest BCUT2D eigenvalue weighted by Crippen LogP contribution is -2.41. The van der Waals surface area contributed by atoms with E-state index in [2.05, 4.69) is 26.6 Å². The van der Waals surface area contributed by atoms with Crippen LogP contribution in [0.15, 0.2) is 17.1 Å². The van der Waals surface area contributed by atoms with Gasteiger partial charge in [0.05, 0.1) is 6.10 Å². The molecule has 0 radical (unpaired) electrons. The van der Waals surface area contributed by atoms with E-state index in [1.165, 1.54) is 0 Å². The number of nitrogens with one attached hydrogen (secondary N) is 2. The van der Waals surface area contributed by atoms with Crippen LogP contribution in [-0.4, -0.2) is 30.6 Å². The molecule has 1 aliphatic heterocycles. The Balaban J connectivity index is 1.52. The predicted octanol–water partition coefficient (Wildman–Crippen LogP) is 3.73. The number of aliphatic hydroxyl groups is 1. The van der Waals surface area contributed by atoms with E-state index in [9.17, 15) is 18.3 Å². The molecule has 178 valence electrons. The fourth-order valence-corrected chi connectivity index (χ4v) is 6.98. The maximum absolute atomic E-state index is 14.4. The molecule has 0 amide bonds. The number of anilines is 2. The first-order valence-corrected chi connectivity index (χ1v) is 13.7. The van der Waals surface area contributed by atoms with Crippen LogP contribution in [0.1, 0.15) is 57.9 Å². The minimum atomic E-state index is -0.999. The van der Waals surface area contributed by atoms with Crippen LogP contribution in [0.2, 0.25) is 0 Å². The molecule has 2 saturated carbocycles. The summed E-state index contributed by atoms with van der Waals surface area (Å²) >= 11 is -0.530. The van der Waals surface area contributed by atoms with Gasteiger partial charge in [-0.05, 0) is 65.2 Å². The van der Waals surface area contributed by atoms with Gasteiger partial charge in [0.1, 0.15) is 20.6 Å². The van der Waals surface area contributed by atoms with Crippen LogP contribution in [0.3, 0.4) is 0 Å². The quantitative estimate of drug-likeness (QED) is 0.477. The van der Waals surface area contributed by atoms with Crippen molar-refractivity contribution in [3.8, 4) is 0 Å². The Hall–Kier alpha value is -1.79. The van der Waals surface area contributed by atoms with E-state index in [1.807, 2.05) is 4.57 Å². The highest BCUT2D eigenvalue weighted by atomic mass is 127. The van der Waals surface area contributed by atoms with E-state index in [-0.39, 0.29) is 12.1 Å². The van der Waals surface area contributed by atoms with Crippen LogP contribution in [0.4, 0.5) is 24.8 Å². The summed E-state index contributed by atoms with van der Waals surface area (Å²) in [5.41, 5.74) is 0.284. The zero-order chi connectivity index (χ0) is 23.1. The minimum Gasteiger partial charge on any atom is -0.393 e. The number of halogens is 4. The lowest BCUT2D eigenvalue weighted by atomic mass is 9.93. The topological polar surface area (TPSA) is 74.5 Å². The van der Waals surface area contributed by atoms with E-state index in [4.69, 9.17) is 4.99 Å². The van der Waals surface area contributed by atoms with E-state index in [1.54, 1.807) is 0 Å². The SMILES string of the molecule is C[C@@H]1CCC[C@@H]1n1c(Nc2c(F)cc(F)cc2F)nc2c1=NC(NC1CCC(O)CC1)=IC=2. The second-order valence-corrected chi connectivity index (χ2v) is 11.4. The number of hydrogen-bond acceptors (Lipinski definition) is 5. The van der Waals surface area contributed by atoms with Crippen molar-refractivity contribution in [3.63, 3.8) is 0 Å². The number of aromatic nitrogens is 2. The number of benzene rings is 1. The molecule has 2 fully saturated rings. The summed E-state index contributed by atoms with van der Waals surface area (Å²) in [6.07, 6.45) is 6.24. The molecule has 0 saturated heterocycles. The molecule has 33 heavy (non-hydrogen) atoms. The summed E-state index contributed by atoms with van der Waals surface area (Å²) in [6.45, 7) is 2.17. The smallest absolute Gasteiger partial charge is 0.210 e. The molecule has 0 bridgehead atoms. The largest absolute Gasteiger partial charge is 0.393 e. The molecular weight excluding hydrogens is 546 g/mol. The third-order valence-electron chi connectivity index (χ3n) is 6.79. The molecular formula is C23H27F3IN5O. The van der Waals surface area contributed by atoms with E-state index in [0.717, 1.165) is 54.1 Å². The number of imidazole rings is 1. The molecule has 1 aromatic heterocycles. The van der Waals surface area contributed by atoms with Gasteiger partial charge in [-0.25, -0.2) is 23.1 Å². The summed E-state index contributed by atoms with van der Waals surface area (Å²) in [6, 6.07) is 1.73. The van der Waals surface area contributed by atoms with Crippen LogP contribution in [0.5, 0.6) is 0 Å². The molecule has 1 aromatic carbocycles. The van der Waals surface area contributed by atoms with E-state index >= 15 is 0 Å². The van der Waals surface area contributed by atoms with Crippen LogP contribution in [0, 0.1) is 23.4 Å². The number of rotatable bonds is 5. The highest BCUT2D eigenvalue weighted by Crippen LogP contribution is 2.36. The maximum Gasteiger partial charge on any atom is 0.210 e. The number of aliphatic hydroxyl groups excluding tert-OH is 1. The third kappa shape index (κ3) is 4.74. The fraction of sp³-hybridized carbons (Fsp3) is 0.522. The second-order valence-electron chi connectivity index (χ2n) is 9.13. The molecule has 2 aliphatic carbocycles.